The molecule has 0 fully saturated rings. The Morgan fingerprint density at radius 3 is 2.41 bits per heavy atom. The number of carbonyl (C=O) groups is 3. The minimum Gasteiger partial charge on any atom is -0.481 e. The fourth-order valence-corrected chi connectivity index (χ4v) is 3.47. The van der Waals surface area contributed by atoms with Crippen LogP contribution in [0.4, 0.5) is 23.7 Å². The van der Waals surface area contributed by atoms with Gasteiger partial charge in [-0.2, -0.15) is 18.4 Å². The molecule has 32 heavy (non-hydrogen) atoms. The van der Waals surface area contributed by atoms with Gasteiger partial charge in [0, 0.05) is 11.3 Å². The maximum absolute atomic E-state index is 13.1. The van der Waals surface area contributed by atoms with Crippen molar-refractivity contribution < 1.29 is 32.7 Å². The molecule has 3 rings (SSSR count). The van der Waals surface area contributed by atoms with Crippen LogP contribution >= 0.6 is 0 Å². The van der Waals surface area contributed by atoms with Crippen LogP contribution in [0.5, 0.6) is 0 Å². The Morgan fingerprint density at radius 2 is 1.84 bits per heavy atom. The number of rotatable bonds is 5. The molecule has 10 heteroatoms. The number of aliphatic carboxylic acids is 1. The van der Waals surface area contributed by atoms with Crippen molar-refractivity contribution in [3.63, 3.8) is 0 Å². The first-order valence-electron chi connectivity index (χ1n) is 9.26. The second-order valence-corrected chi connectivity index (χ2v) is 6.99. The van der Waals surface area contributed by atoms with Gasteiger partial charge >= 0.3 is 18.2 Å². The van der Waals surface area contributed by atoms with Gasteiger partial charge in [-0.25, -0.2) is 4.79 Å². The number of carboxylic acid groups (broad SMARTS) is 1. The number of halogens is 3. The number of carbonyl (C=O) groups excluding carboxylic acids is 2. The zero-order valence-electron chi connectivity index (χ0n) is 16.6. The van der Waals surface area contributed by atoms with Gasteiger partial charge in [-0.05, 0) is 42.8 Å². The Bertz CT molecular complexity index is 1160. The van der Waals surface area contributed by atoms with E-state index in [1.807, 2.05) is 6.07 Å². The number of ketones is 1. The van der Waals surface area contributed by atoms with Crippen LogP contribution in [0.15, 0.2) is 59.8 Å². The van der Waals surface area contributed by atoms with Crippen LogP contribution < -0.4 is 10.2 Å². The Balaban J connectivity index is 2.15. The number of amides is 2. The number of carboxylic acids is 1. The summed E-state index contributed by atoms with van der Waals surface area (Å²) in [5, 5.41) is 20.6. The van der Waals surface area contributed by atoms with Gasteiger partial charge in [0.05, 0.1) is 28.9 Å². The van der Waals surface area contributed by atoms with Crippen molar-refractivity contribution in [2.45, 2.75) is 25.6 Å². The molecule has 2 aromatic carbocycles. The van der Waals surface area contributed by atoms with Gasteiger partial charge in [0.25, 0.3) is 0 Å². The summed E-state index contributed by atoms with van der Waals surface area (Å²) in [6.45, 7) is 1.37. The molecule has 1 aliphatic rings. The highest BCUT2D eigenvalue weighted by atomic mass is 19.4. The molecule has 0 radical (unpaired) electrons. The predicted octanol–water partition coefficient (Wildman–Crippen LogP) is 4.17. The topological polar surface area (TPSA) is 110 Å². The van der Waals surface area contributed by atoms with Crippen LogP contribution in [0, 0.1) is 11.3 Å². The summed E-state index contributed by atoms with van der Waals surface area (Å²) < 4.78 is 39.4. The van der Waals surface area contributed by atoms with Crippen LogP contribution in [0.1, 0.15) is 36.1 Å². The van der Waals surface area contributed by atoms with Crippen molar-refractivity contribution in [1.82, 2.24) is 5.32 Å². The normalized spacial score (nSPS) is 16.4. The first kappa shape index (κ1) is 22.6. The highest BCUT2D eigenvalue weighted by Crippen LogP contribution is 2.37. The predicted molar refractivity (Wildman–Crippen MR) is 106 cm³/mol. The lowest BCUT2D eigenvalue weighted by atomic mass is 9.90. The van der Waals surface area contributed by atoms with Crippen molar-refractivity contribution >= 4 is 23.5 Å². The van der Waals surface area contributed by atoms with Crippen LogP contribution in [0.25, 0.3) is 0 Å². The number of benzene rings is 2. The van der Waals surface area contributed by atoms with Crippen LogP contribution in [-0.2, 0) is 15.8 Å². The van der Waals surface area contributed by atoms with Crippen molar-refractivity contribution in [1.29, 1.82) is 5.26 Å². The Labute approximate surface area is 180 Å². The van der Waals surface area contributed by atoms with E-state index in [0.29, 0.717) is 11.1 Å². The van der Waals surface area contributed by atoms with Gasteiger partial charge in [-0.15, -0.1) is 0 Å². The van der Waals surface area contributed by atoms with Crippen molar-refractivity contribution in [2.75, 3.05) is 4.90 Å². The number of urea groups is 1. The number of allylic oxidation sites excluding steroid dienone is 1. The van der Waals surface area contributed by atoms with Crippen molar-refractivity contribution in [3.8, 4) is 6.07 Å². The molecule has 0 bridgehead atoms. The number of alkyl halides is 3. The molecule has 1 heterocycles. The van der Waals surface area contributed by atoms with Gasteiger partial charge in [-0.3, -0.25) is 14.5 Å². The van der Waals surface area contributed by atoms with E-state index in [1.165, 1.54) is 37.3 Å². The molecule has 2 aromatic rings. The minimum absolute atomic E-state index is 0.00804. The largest absolute Gasteiger partial charge is 0.481 e. The lowest BCUT2D eigenvalue weighted by molar-refractivity contribution is -0.140. The molecule has 0 aliphatic carbocycles. The van der Waals surface area contributed by atoms with E-state index in [-0.39, 0.29) is 17.0 Å². The van der Waals surface area contributed by atoms with Crippen molar-refractivity contribution in [2.24, 2.45) is 0 Å². The van der Waals surface area contributed by atoms with E-state index < -0.39 is 42.0 Å². The molecule has 0 saturated carbocycles. The monoisotopic (exact) mass is 443 g/mol. The summed E-state index contributed by atoms with van der Waals surface area (Å²) in [6, 6.07) is 10.1. The van der Waals surface area contributed by atoms with E-state index in [2.05, 4.69) is 5.32 Å². The fourth-order valence-electron chi connectivity index (χ4n) is 3.47. The first-order chi connectivity index (χ1) is 15.0. The number of Topliss-reactive ketones (excluding diaryl/α,β-unsaturated/α-hetero) is 1. The minimum atomic E-state index is -4.65. The number of nitriles is 1. The zero-order chi connectivity index (χ0) is 23.6. The SMILES string of the molecule is CC1=C(C(=O)CC(=O)O)C(c2ccc(C#N)cc2)NC(=O)N1c1cccc(C(F)(F)F)c1. The summed E-state index contributed by atoms with van der Waals surface area (Å²) in [6.07, 6.45) is -5.52. The van der Waals surface area contributed by atoms with Gasteiger partial charge in [0.1, 0.15) is 6.42 Å². The molecular formula is C22H16F3N3O4. The first-order valence-corrected chi connectivity index (χ1v) is 9.26. The standard InChI is InChI=1S/C22H16F3N3O4/c1-12-19(17(29)10-18(30)31)20(14-7-5-13(11-26)6-8-14)27-21(32)28(12)16-4-2-3-15(9-16)22(23,24)25/h2-9,20H,10H2,1H3,(H,27,32)(H,30,31). The summed E-state index contributed by atoms with van der Waals surface area (Å²) in [5.74, 6) is -2.20. The smallest absolute Gasteiger partial charge is 0.416 e. The summed E-state index contributed by atoms with van der Waals surface area (Å²) in [7, 11) is 0. The van der Waals surface area contributed by atoms with Gasteiger partial charge < -0.3 is 10.4 Å². The zero-order valence-corrected chi connectivity index (χ0v) is 16.6. The lowest BCUT2D eigenvalue weighted by Crippen LogP contribution is -2.48. The van der Waals surface area contributed by atoms with Crippen molar-refractivity contribution in [3.05, 3.63) is 76.5 Å². The van der Waals surface area contributed by atoms with Gasteiger partial charge in [-0.1, -0.05) is 18.2 Å². The molecule has 164 valence electrons. The Hall–Kier alpha value is -4.13. The quantitative estimate of drug-likeness (QED) is 0.674. The third-order valence-electron chi connectivity index (χ3n) is 4.90. The second-order valence-electron chi connectivity index (χ2n) is 6.99. The van der Waals surface area contributed by atoms with Crippen LogP contribution in [-0.4, -0.2) is 22.9 Å². The Morgan fingerprint density at radius 1 is 1.19 bits per heavy atom. The maximum Gasteiger partial charge on any atom is 0.416 e. The molecule has 0 aromatic heterocycles. The molecule has 2 amide bonds. The molecular weight excluding hydrogens is 427 g/mol. The van der Waals surface area contributed by atoms with Gasteiger partial charge in [0.2, 0.25) is 0 Å². The highest BCUT2D eigenvalue weighted by Gasteiger charge is 2.38. The van der Waals surface area contributed by atoms with E-state index in [9.17, 15) is 27.6 Å². The molecule has 1 aliphatic heterocycles. The Kier molecular flexibility index (Phi) is 6.02. The van der Waals surface area contributed by atoms with Crippen LogP contribution in [0.2, 0.25) is 0 Å². The number of nitrogens with one attached hydrogen (secondary N) is 1. The lowest BCUT2D eigenvalue weighted by Gasteiger charge is -2.36. The average molecular weight is 443 g/mol. The number of hydrogen-bond acceptors (Lipinski definition) is 4. The average Bonchev–Trinajstić information content (AvgIpc) is 2.72. The molecule has 1 unspecified atom stereocenters. The molecule has 0 spiro atoms. The van der Waals surface area contributed by atoms with E-state index in [4.69, 9.17) is 10.4 Å². The maximum atomic E-state index is 13.1. The molecule has 0 saturated heterocycles. The highest BCUT2D eigenvalue weighted by molar-refractivity contribution is 6.10. The third-order valence-corrected chi connectivity index (χ3v) is 4.90. The second kappa shape index (κ2) is 8.55. The van der Waals surface area contributed by atoms with E-state index in [1.54, 1.807) is 0 Å². The molecule has 7 nitrogen and oxygen atoms in total. The third kappa shape index (κ3) is 4.46. The van der Waals surface area contributed by atoms with E-state index in [0.717, 1.165) is 23.1 Å². The fraction of sp³-hybridized carbons (Fsp3) is 0.182. The summed E-state index contributed by atoms with van der Waals surface area (Å²) in [4.78, 5) is 37.7. The number of anilines is 1. The molecule has 1 atom stereocenters. The number of hydrogen-bond donors (Lipinski definition) is 2. The molecule has 2 N–H and O–H groups in total. The van der Waals surface area contributed by atoms with Gasteiger partial charge in [0.15, 0.2) is 5.78 Å². The number of nitrogens with zero attached hydrogens (tertiary/aromatic N) is 2. The summed E-state index contributed by atoms with van der Waals surface area (Å²) >= 11 is 0. The van der Waals surface area contributed by atoms with Crippen LogP contribution in [0.3, 0.4) is 0 Å². The van der Waals surface area contributed by atoms with E-state index >= 15 is 0 Å². The summed E-state index contributed by atoms with van der Waals surface area (Å²) in [5.41, 5.74) is -0.436.